The summed E-state index contributed by atoms with van der Waals surface area (Å²) < 4.78 is 19.1. The van der Waals surface area contributed by atoms with Crippen molar-refractivity contribution in [2.45, 2.75) is 0 Å². The third-order valence-corrected chi connectivity index (χ3v) is 3.30. The van der Waals surface area contributed by atoms with Crippen LogP contribution in [0.5, 0.6) is 0 Å². The van der Waals surface area contributed by atoms with E-state index in [0.717, 1.165) is 10.0 Å². The first-order chi connectivity index (χ1) is 11.0. The summed E-state index contributed by atoms with van der Waals surface area (Å²) in [7, 11) is 0. The summed E-state index contributed by atoms with van der Waals surface area (Å²) in [6, 6.07) is 13.1. The molecular formula is C17H13BrFNO3. The molecule has 2 rings (SSSR count). The second kappa shape index (κ2) is 8.24. The Morgan fingerprint density at radius 2 is 1.83 bits per heavy atom. The predicted octanol–water partition coefficient (Wildman–Crippen LogP) is 3.78. The minimum Gasteiger partial charge on any atom is -0.452 e. The van der Waals surface area contributed by atoms with Crippen LogP contribution in [0.3, 0.4) is 0 Å². The zero-order chi connectivity index (χ0) is 16.7. The van der Waals surface area contributed by atoms with Gasteiger partial charge < -0.3 is 10.1 Å². The smallest absolute Gasteiger partial charge is 0.331 e. The first-order valence-corrected chi connectivity index (χ1v) is 7.48. The molecule has 0 saturated heterocycles. The number of anilines is 1. The van der Waals surface area contributed by atoms with Gasteiger partial charge in [-0.25, -0.2) is 9.18 Å². The van der Waals surface area contributed by atoms with Crippen LogP contribution in [0.15, 0.2) is 59.1 Å². The number of rotatable bonds is 5. The summed E-state index contributed by atoms with van der Waals surface area (Å²) >= 11 is 3.31. The van der Waals surface area contributed by atoms with Crippen molar-refractivity contribution in [3.63, 3.8) is 0 Å². The van der Waals surface area contributed by atoms with E-state index in [4.69, 9.17) is 4.74 Å². The molecule has 0 radical (unpaired) electrons. The van der Waals surface area contributed by atoms with Crippen LogP contribution in [-0.2, 0) is 14.3 Å². The van der Waals surface area contributed by atoms with E-state index in [9.17, 15) is 14.0 Å². The van der Waals surface area contributed by atoms with E-state index in [1.165, 1.54) is 24.3 Å². The molecule has 23 heavy (non-hydrogen) atoms. The zero-order valence-electron chi connectivity index (χ0n) is 12.0. The fourth-order valence-corrected chi connectivity index (χ4v) is 1.94. The van der Waals surface area contributed by atoms with Crippen molar-refractivity contribution >= 4 is 39.6 Å². The van der Waals surface area contributed by atoms with Crippen molar-refractivity contribution in [1.29, 1.82) is 0 Å². The Hall–Kier alpha value is -2.47. The summed E-state index contributed by atoms with van der Waals surface area (Å²) in [4.78, 5) is 23.1. The molecule has 0 unspecified atom stereocenters. The van der Waals surface area contributed by atoms with Gasteiger partial charge in [0.05, 0.1) is 5.69 Å². The third kappa shape index (κ3) is 5.67. The molecule has 0 spiro atoms. The fourth-order valence-electron chi connectivity index (χ4n) is 1.67. The van der Waals surface area contributed by atoms with Crippen LogP contribution in [0.25, 0.3) is 6.08 Å². The molecule has 0 saturated carbocycles. The lowest BCUT2D eigenvalue weighted by atomic mass is 10.2. The molecule has 0 aliphatic carbocycles. The Balaban J connectivity index is 1.81. The van der Waals surface area contributed by atoms with Crippen molar-refractivity contribution in [2.24, 2.45) is 0 Å². The number of halogens is 2. The number of nitrogens with one attached hydrogen (secondary N) is 1. The van der Waals surface area contributed by atoms with E-state index in [2.05, 4.69) is 21.2 Å². The van der Waals surface area contributed by atoms with Crippen LogP contribution in [0, 0.1) is 5.82 Å². The van der Waals surface area contributed by atoms with Crippen LogP contribution in [0.4, 0.5) is 10.1 Å². The number of amides is 1. The molecule has 2 aromatic carbocycles. The average molecular weight is 378 g/mol. The summed E-state index contributed by atoms with van der Waals surface area (Å²) in [6.45, 7) is -0.488. The highest BCUT2D eigenvalue weighted by atomic mass is 79.9. The molecule has 0 bridgehead atoms. The van der Waals surface area contributed by atoms with Gasteiger partial charge in [0.25, 0.3) is 5.91 Å². The Morgan fingerprint density at radius 1 is 1.13 bits per heavy atom. The Labute approximate surface area is 141 Å². The van der Waals surface area contributed by atoms with E-state index in [1.807, 2.05) is 24.3 Å². The second-order valence-corrected chi connectivity index (χ2v) is 5.44. The van der Waals surface area contributed by atoms with Crippen LogP contribution in [0.1, 0.15) is 5.56 Å². The normalized spacial score (nSPS) is 10.5. The zero-order valence-corrected chi connectivity index (χ0v) is 13.5. The van der Waals surface area contributed by atoms with Gasteiger partial charge >= 0.3 is 5.97 Å². The lowest BCUT2D eigenvalue weighted by molar-refractivity contribution is -0.142. The van der Waals surface area contributed by atoms with Gasteiger partial charge in [0.2, 0.25) is 0 Å². The summed E-state index contributed by atoms with van der Waals surface area (Å²) in [5.74, 6) is -1.82. The fraction of sp³-hybridized carbons (Fsp3) is 0.0588. The highest BCUT2D eigenvalue weighted by molar-refractivity contribution is 9.10. The molecule has 4 nitrogen and oxygen atoms in total. The molecule has 0 heterocycles. The van der Waals surface area contributed by atoms with Crippen LogP contribution in [0.2, 0.25) is 0 Å². The second-order valence-electron chi connectivity index (χ2n) is 4.52. The van der Waals surface area contributed by atoms with Gasteiger partial charge in [-0.05, 0) is 35.9 Å². The minimum atomic E-state index is -0.656. The molecule has 2 aromatic rings. The van der Waals surface area contributed by atoms with E-state index in [0.29, 0.717) is 0 Å². The molecule has 1 N–H and O–H groups in total. The number of hydrogen-bond donors (Lipinski definition) is 1. The van der Waals surface area contributed by atoms with Crippen LogP contribution >= 0.6 is 15.9 Å². The topological polar surface area (TPSA) is 55.4 Å². The van der Waals surface area contributed by atoms with Gasteiger partial charge in [0.15, 0.2) is 6.61 Å². The summed E-state index contributed by atoms with van der Waals surface area (Å²) in [5, 5.41) is 2.33. The minimum absolute atomic E-state index is 0.0407. The molecule has 0 aromatic heterocycles. The average Bonchev–Trinajstić information content (AvgIpc) is 2.54. The first-order valence-electron chi connectivity index (χ1n) is 6.69. The van der Waals surface area contributed by atoms with E-state index in [-0.39, 0.29) is 5.69 Å². The molecule has 0 aliphatic rings. The predicted molar refractivity (Wildman–Crippen MR) is 89.2 cm³/mol. The summed E-state index contributed by atoms with van der Waals surface area (Å²) in [6.07, 6.45) is 2.79. The molecule has 6 heteroatoms. The molecular weight excluding hydrogens is 365 g/mol. The van der Waals surface area contributed by atoms with Crippen molar-refractivity contribution in [3.05, 3.63) is 70.5 Å². The van der Waals surface area contributed by atoms with E-state index < -0.39 is 24.3 Å². The number of benzene rings is 2. The number of carbonyl (C=O) groups excluding carboxylic acids is 2. The van der Waals surface area contributed by atoms with Crippen LogP contribution in [-0.4, -0.2) is 18.5 Å². The molecule has 0 aliphatic heterocycles. The van der Waals surface area contributed by atoms with E-state index in [1.54, 1.807) is 12.1 Å². The molecule has 1 amide bonds. The van der Waals surface area contributed by atoms with Gasteiger partial charge in [0.1, 0.15) is 5.82 Å². The number of para-hydroxylation sites is 1. The van der Waals surface area contributed by atoms with Gasteiger partial charge in [-0.3, -0.25) is 4.79 Å². The summed E-state index contributed by atoms with van der Waals surface area (Å²) in [5.41, 5.74) is 0.861. The Bertz CT molecular complexity index is 729. The quantitative estimate of drug-likeness (QED) is 0.637. The van der Waals surface area contributed by atoms with Crippen molar-refractivity contribution in [2.75, 3.05) is 11.9 Å². The standard InChI is InChI=1S/C17H13BrFNO3/c18-13-8-5-12(6-9-13)7-10-17(22)23-11-16(21)20-15-4-2-1-3-14(15)19/h1-10H,11H2,(H,20,21)/b10-7+. The highest BCUT2D eigenvalue weighted by Crippen LogP contribution is 2.12. The molecule has 118 valence electrons. The third-order valence-electron chi connectivity index (χ3n) is 2.78. The maximum Gasteiger partial charge on any atom is 0.331 e. The van der Waals surface area contributed by atoms with Crippen molar-refractivity contribution in [1.82, 2.24) is 0 Å². The molecule has 0 fully saturated rings. The monoisotopic (exact) mass is 377 g/mol. The van der Waals surface area contributed by atoms with Gasteiger partial charge in [-0.1, -0.05) is 40.2 Å². The lowest BCUT2D eigenvalue weighted by Crippen LogP contribution is -2.20. The number of ether oxygens (including phenoxy) is 1. The highest BCUT2D eigenvalue weighted by Gasteiger charge is 2.08. The first kappa shape index (κ1) is 16.9. The number of hydrogen-bond acceptors (Lipinski definition) is 3. The van der Waals surface area contributed by atoms with Gasteiger partial charge in [0, 0.05) is 10.5 Å². The SMILES string of the molecule is O=C(COC(=O)/C=C/c1ccc(Br)cc1)Nc1ccccc1F. The Morgan fingerprint density at radius 3 is 2.52 bits per heavy atom. The van der Waals surface area contributed by atoms with Crippen molar-refractivity contribution < 1.29 is 18.7 Å². The van der Waals surface area contributed by atoms with Crippen LogP contribution < -0.4 is 5.32 Å². The Kier molecular flexibility index (Phi) is 6.05. The molecule has 0 atom stereocenters. The largest absolute Gasteiger partial charge is 0.452 e. The maximum atomic E-state index is 13.3. The van der Waals surface area contributed by atoms with Gasteiger partial charge in [-0.2, -0.15) is 0 Å². The number of carbonyl (C=O) groups is 2. The number of esters is 1. The van der Waals surface area contributed by atoms with E-state index >= 15 is 0 Å². The lowest BCUT2D eigenvalue weighted by Gasteiger charge is -2.06. The maximum absolute atomic E-state index is 13.3. The van der Waals surface area contributed by atoms with Crippen molar-refractivity contribution in [3.8, 4) is 0 Å². The van der Waals surface area contributed by atoms with Gasteiger partial charge in [-0.15, -0.1) is 0 Å².